The Bertz CT molecular complexity index is 2490. The fraction of sp³-hybridized carbons (Fsp3) is 0. The van der Waals surface area contributed by atoms with Gasteiger partial charge in [-0.3, -0.25) is 0 Å². The molecule has 0 aliphatic rings. The summed E-state index contributed by atoms with van der Waals surface area (Å²) >= 11 is 0. The summed E-state index contributed by atoms with van der Waals surface area (Å²) in [6.07, 6.45) is 0. The molecule has 0 bridgehead atoms. The first-order valence-corrected chi connectivity index (χ1v) is 15.0. The minimum absolute atomic E-state index is 0.915. The lowest BCUT2D eigenvalue weighted by atomic mass is 9.94. The first kappa shape index (κ1) is 24.7. The molecule has 9 rings (SSSR count). The molecule has 0 N–H and O–H groups in total. The van der Waals surface area contributed by atoms with Gasteiger partial charge in [0, 0.05) is 33.1 Å². The van der Waals surface area contributed by atoms with Crippen molar-refractivity contribution in [1.82, 2.24) is 0 Å². The van der Waals surface area contributed by atoms with Crippen molar-refractivity contribution >= 4 is 71.3 Å². The van der Waals surface area contributed by atoms with E-state index >= 15 is 0 Å². The van der Waals surface area contributed by atoms with E-state index in [-0.39, 0.29) is 0 Å². The highest BCUT2D eigenvalue weighted by Crippen LogP contribution is 2.44. The Morgan fingerprint density at radius 2 is 1.05 bits per heavy atom. The number of anilines is 3. The molecule has 0 unspecified atom stereocenters. The minimum Gasteiger partial charge on any atom is -0.455 e. The Balaban J connectivity index is 1.25. The van der Waals surface area contributed by atoms with E-state index in [0.717, 1.165) is 50.1 Å². The van der Waals surface area contributed by atoms with Crippen LogP contribution in [0, 0.1) is 0 Å². The molecule has 0 fully saturated rings. The molecule has 1 aromatic heterocycles. The maximum Gasteiger partial charge on any atom is 0.143 e. The molecule has 206 valence electrons. The lowest BCUT2D eigenvalue weighted by Crippen LogP contribution is -2.10. The molecule has 2 nitrogen and oxygen atoms in total. The van der Waals surface area contributed by atoms with Gasteiger partial charge in [-0.15, -0.1) is 0 Å². The number of rotatable bonds is 4. The van der Waals surface area contributed by atoms with E-state index in [0.29, 0.717) is 0 Å². The number of para-hydroxylation sites is 3. The second kappa shape index (κ2) is 9.86. The van der Waals surface area contributed by atoms with Gasteiger partial charge in [-0.05, 0) is 68.9 Å². The predicted octanol–water partition coefficient (Wildman–Crippen LogP) is 12.2. The van der Waals surface area contributed by atoms with Gasteiger partial charge < -0.3 is 9.32 Å². The van der Waals surface area contributed by atoms with Crippen molar-refractivity contribution in [2.75, 3.05) is 4.90 Å². The van der Waals surface area contributed by atoms with E-state index in [4.69, 9.17) is 4.42 Å². The number of benzene rings is 8. The summed E-state index contributed by atoms with van der Waals surface area (Å²) in [5, 5.41) is 9.82. The van der Waals surface area contributed by atoms with Crippen LogP contribution < -0.4 is 4.90 Å². The van der Waals surface area contributed by atoms with Crippen molar-refractivity contribution in [3.8, 4) is 11.1 Å². The molecule has 0 aliphatic heterocycles. The van der Waals surface area contributed by atoms with Crippen LogP contribution in [0.25, 0.3) is 65.4 Å². The number of fused-ring (bicyclic) bond motifs is 8. The fourth-order valence-corrected chi connectivity index (χ4v) is 6.81. The van der Waals surface area contributed by atoms with E-state index in [1.165, 1.54) is 32.3 Å². The van der Waals surface area contributed by atoms with Gasteiger partial charge in [0.25, 0.3) is 0 Å². The Kier molecular flexibility index (Phi) is 5.54. The van der Waals surface area contributed by atoms with Gasteiger partial charge in [0.2, 0.25) is 0 Å². The first-order chi connectivity index (χ1) is 21.8. The topological polar surface area (TPSA) is 16.4 Å². The van der Waals surface area contributed by atoms with Gasteiger partial charge in [0.15, 0.2) is 0 Å². The normalized spacial score (nSPS) is 11.6. The van der Waals surface area contributed by atoms with Gasteiger partial charge in [-0.1, -0.05) is 127 Å². The standard InChI is InChI=1S/C42H27NO/c1-2-12-31(13-3-1)43(39-27-30-22-21-28-11-4-5-14-33(28)41(30)37-17-7-6-15-35(37)39)32-25-23-29(24-26-32)34-18-10-19-38-36-16-8-9-20-40(36)44-42(34)38/h1-27H. The van der Waals surface area contributed by atoms with E-state index in [1.807, 2.05) is 12.1 Å². The van der Waals surface area contributed by atoms with Crippen LogP contribution in [0.2, 0.25) is 0 Å². The highest BCUT2D eigenvalue weighted by atomic mass is 16.3. The van der Waals surface area contributed by atoms with Crippen LogP contribution in [-0.4, -0.2) is 0 Å². The Morgan fingerprint density at radius 3 is 1.89 bits per heavy atom. The summed E-state index contributed by atoms with van der Waals surface area (Å²) in [5.41, 5.74) is 7.43. The second-order valence-electron chi connectivity index (χ2n) is 11.3. The van der Waals surface area contributed by atoms with Gasteiger partial charge in [0.05, 0.1) is 5.69 Å². The molecule has 44 heavy (non-hydrogen) atoms. The molecular formula is C42H27NO. The summed E-state index contributed by atoms with van der Waals surface area (Å²) in [7, 11) is 0. The molecule has 9 aromatic rings. The largest absolute Gasteiger partial charge is 0.455 e. The molecule has 8 aromatic carbocycles. The van der Waals surface area contributed by atoms with Gasteiger partial charge in [0.1, 0.15) is 11.2 Å². The lowest BCUT2D eigenvalue weighted by Gasteiger charge is -2.28. The number of furan rings is 1. The lowest BCUT2D eigenvalue weighted by molar-refractivity contribution is 0.670. The van der Waals surface area contributed by atoms with Crippen molar-refractivity contribution in [3.63, 3.8) is 0 Å². The van der Waals surface area contributed by atoms with Crippen LogP contribution in [0.3, 0.4) is 0 Å². The van der Waals surface area contributed by atoms with Crippen molar-refractivity contribution < 1.29 is 4.42 Å². The first-order valence-electron chi connectivity index (χ1n) is 15.0. The second-order valence-corrected chi connectivity index (χ2v) is 11.3. The molecule has 0 amide bonds. The smallest absolute Gasteiger partial charge is 0.143 e. The Hall–Kier alpha value is -5.86. The van der Waals surface area contributed by atoms with Crippen molar-refractivity contribution in [3.05, 3.63) is 164 Å². The van der Waals surface area contributed by atoms with Crippen LogP contribution >= 0.6 is 0 Å². The molecule has 1 heterocycles. The Morgan fingerprint density at radius 1 is 0.409 bits per heavy atom. The molecule has 0 aliphatic carbocycles. The summed E-state index contributed by atoms with van der Waals surface area (Å²) in [4.78, 5) is 2.38. The summed E-state index contributed by atoms with van der Waals surface area (Å²) in [6, 6.07) is 58.5. The number of nitrogens with zero attached hydrogens (tertiary/aromatic N) is 1. The van der Waals surface area contributed by atoms with Gasteiger partial charge in [-0.2, -0.15) is 0 Å². The van der Waals surface area contributed by atoms with Crippen molar-refractivity contribution in [2.24, 2.45) is 0 Å². The third kappa shape index (κ3) is 3.82. The number of hydrogen-bond donors (Lipinski definition) is 0. The van der Waals surface area contributed by atoms with Crippen molar-refractivity contribution in [1.29, 1.82) is 0 Å². The summed E-state index contributed by atoms with van der Waals surface area (Å²) in [5.74, 6) is 0. The molecular weight excluding hydrogens is 534 g/mol. The monoisotopic (exact) mass is 561 g/mol. The number of hydrogen-bond acceptors (Lipinski definition) is 2. The van der Waals surface area contributed by atoms with Crippen LogP contribution in [0.4, 0.5) is 17.1 Å². The zero-order valence-electron chi connectivity index (χ0n) is 23.9. The maximum absolute atomic E-state index is 6.36. The molecule has 2 heteroatoms. The molecule has 0 saturated carbocycles. The summed E-state index contributed by atoms with van der Waals surface area (Å²) in [6.45, 7) is 0. The summed E-state index contributed by atoms with van der Waals surface area (Å²) < 4.78 is 6.36. The molecule has 0 atom stereocenters. The average molecular weight is 562 g/mol. The van der Waals surface area contributed by atoms with Crippen LogP contribution in [-0.2, 0) is 0 Å². The van der Waals surface area contributed by atoms with Crippen molar-refractivity contribution in [2.45, 2.75) is 0 Å². The molecule has 0 radical (unpaired) electrons. The van der Waals surface area contributed by atoms with Crippen LogP contribution in [0.1, 0.15) is 0 Å². The SMILES string of the molecule is c1ccc(N(c2ccc(-c3cccc4c3oc3ccccc34)cc2)c2cc3ccc4ccccc4c3c3ccccc23)cc1. The highest BCUT2D eigenvalue weighted by molar-refractivity contribution is 6.23. The minimum atomic E-state index is 0.915. The average Bonchev–Trinajstić information content (AvgIpc) is 3.48. The molecule has 0 spiro atoms. The Labute approximate surface area is 255 Å². The zero-order valence-corrected chi connectivity index (χ0v) is 23.9. The fourth-order valence-electron chi connectivity index (χ4n) is 6.81. The van der Waals surface area contributed by atoms with E-state index in [1.54, 1.807) is 0 Å². The van der Waals surface area contributed by atoms with Gasteiger partial charge in [-0.25, -0.2) is 0 Å². The highest BCUT2D eigenvalue weighted by Gasteiger charge is 2.19. The maximum atomic E-state index is 6.36. The van der Waals surface area contributed by atoms with E-state index in [2.05, 4.69) is 157 Å². The third-order valence-electron chi connectivity index (χ3n) is 8.82. The van der Waals surface area contributed by atoms with Crippen LogP contribution in [0.5, 0.6) is 0 Å². The third-order valence-corrected chi connectivity index (χ3v) is 8.82. The van der Waals surface area contributed by atoms with Gasteiger partial charge >= 0.3 is 0 Å². The quantitative estimate of drug-likeness (QED) is 0.199. The van der Waals surface area contributed by atoms with Crippen LogP contribution in [0.15, 0.2) is 168 Å². The molecule has 0 saturated heterocycles. The van der Waals surface area contributed by atoms with E-state index in [9.17, 15) is 0 Å². The zero-order chi connectivity index (χ0) is 29.0. The van der Waals surface area contributed by atoms with E-state index < -0.39 is 0 Å². The predicted molar refractivity (Wildman–Crippen MR) is 186 cm³/mol.